The van der Waals surface area contributed by atoms with E-state index < -0.39 is 5.97 Å². The zero-order chi connectivity index (χ0) is 16.7. The summed E-state index contributed by atoms with van der Waals surface area (Å²) in [5, 5.41) is 8.16. The first-order chi connectivity index (χ1) is 11.7. The minimum absolute atomic E-state index is 0.304. The van der Waals surface area contributed by atoms with E-state index in [2.05, 4.69) is 15.3 Å². The molecule has 8 nitrogen and oxygen atoms in total. The minimum Gasteiger partial charge on any atom is -0.497 e. The third kappa shape index (κ3) is 2.07. The molecule has 122 valence electrons. The fourth-order valence-corrected chi connectivity index (χ4v) is 2.88. The van der Waals surface area contributed by atoms with Crippen LogP contribution in [0.2, 0.25) is 0 Å². The van der Waals surface area contributed by atoms with Gasteiger partial charge >= 0.3 is 5.97 Å². The summed E-state index contributed by atoms with van der Waals surface area (Å²) in [5.74, 6) is 0.284. The van der Waals surface area contributed by atoms with E-state index >= 15 is 0 Å². The van der Waals surface area contributed by atoms with E-state index in [9.17, 15) is 4.79 Å². The lowest BCUT2D eigenvalue weighted by Crippen LogP contribution is -2.10. The Kier molecular flexibility index (Phi) is 3.30. The summed E-state index contributed by atoms with van der Waals surface area (Å²) < 4.78 is 14.1. The van der Waals surface area contributed by atoms with Crippen molar-refractivity contribution in [3.63, 3.8) is 0 Å². The molecule has 1 aliphatic rings. The number of rotatable bonds is 3. The van der Waals surface area contributed by atoms with Gasteiger partial charge in [0.1, 0.15) is 12.1 Å². The molecule has 2 aromatic heterocycles. The van der Waals surface area contributed by atoms with Crippen molar-refractivity contribution < 1.29 is 14.3 Å². The SMILES string of the molecule is CCOC(=O)c1ncn2c1Cc1cnnn1-c1cc(OC)ccc1-2. The molecule has 3 heterocycles. The highest BCUT2D eigenvalue weighted by atomic mass is 16.5. The van der Waals surface area contributed by atoms with E-state index in [1.54, 1.807) is 31.2 Å². The quantitative estimate of drug-likeness (QED) is 0.531. The molecule has 0 aliphatic carbocycles. The third-order valence-electron chi connectivity index (χ3n) is 3.97. The largest absolute Gasteiger partial charge is 0.497 e. The van der Waals surface area contributed by atoms with Crippen LogP contribution in [0.3, 0.4) is 0 Å². The van der Waals surface area contributed by atoms with Crippen molar-refractivity contribution in [3.05, 3.63) is 47.8 Å². The molecule has 0 unspecified atom stereocenters. The maximum absolute atomic E-state index is 12.2. The summed E-state index contributed by atoms with van der Waals surface area (Å²) in [4.78, 5) is 16.5. The number of carbonyl (C=O) groups is 1. The first-order valence-corrected chi connectivity index (χ1v) is 7.54. The van der Waals surface area contributed by atoms with E-state index in [0.717, 1.165) is 22.8 Å². The Hall–Kier alpha value is -3.16. The van der Waals surface area contributed by atoms with Crippen LogP contribution < -0.4 is 4.74 Å². The first kappa shape index (κ1) is 14.4. The van der Waals surface area contributed by atoms with Crippen LogP contribution in [-0.2, 0) is 11.2 Å². The topological polar surface area (TPSA) is 84.1 Å². The molecular weight excluding hydrogens is 310 g/mol. The van der Waals surface area contributed by atoms with Crippen LogP contribution >= 0.6 is 0 Å². The summed E-state index contributed by atoms with van der Waals surface area (Å²) >= 11 is 0. The molecule has 0 amide bonds. The van der Waals surface area contributed by atoms with Gasteiger partial charge in [-0.1, -0.05) is 5.21 Å². The molecule has 0 radical (unpaired) electrons. The fourth-order valence-electron chi connectivity index (χ4n) is 2.88. The Morgan fingerprint density at radius 3 is 3.00 bits per heavy atom. The zero-order valence-corrected chi connectivity index (χ0v) is 13.3. The number of esters is 1. The van der Waals surface area contributed by atoms with Gasteiger partial charge in [0.05, 0.1) is 42.7 Å². The summed E-state index contributed by atoms with van der Waals surface area (Å²) in [7, 11) is 1.61. The molecule has 0 bridgehead atoms. The number of fused-ring (bicyclic) bond motifs is 5. The molecule has 8 heteroatoms. The molecule has 4 rings (SSSR count). The molecule has 0 spiro atoms. The molecule has 1 aliphatic heterocycles. The molecule has 3 aromatic rings. The number of methoxy groups -OCH3 is 1. The van der Waals surface area contributed by atoms with Crippen LogP contribution in [0, 0.1) is 0 Å². The number of carbonyl (C=O) groups excluding carboxylic acids is 1. The number of hydrogen-bond donors (Lipinski definition) is 0. The number of aromatic nitrogens is 5. The molecule has 0 fully saturated rings. The maximum Gasteiger partial charge on any atom is 0.358 e. The Bertz CT molecular complexity index is 928. The summed E-state index contributed by atoms with van der Waals surface area (Å²) in [5.41, 5.74) is 3.58. The van der Waals surface area contributed by atoms with Gasteiger partial charge in [0, 0.05) is 12.5 Å². The van der Waals surface area contributed by atoms with Crippen molar-refractivity contribution >= 4 is 5.97 Å². The summed E-state index contributed by atoms with van der Waals surface area (Å²) in [6.07, 6.45) is 3.78. The number of hydrogen-bond acceptors (Lipinski definition) is 6. The number of ether oxygens (including phenoxy) is 2. The second-order valence-electron chi connectivity index (χ2n) is 5.30. The van der Waals surface area contributed by atoms with Gasteiger partial charge in [0.2, 0.25) is 0 Å². The van der Waals surface area contributed by atoms with Gasteiger partial charge in [-0.2, -0.15) is 0 Å². The van der Waals surface area contributed by atoms with Crippen molar-refractivity contribution in [1.29, 1.82) is 0 Å². The summed E-state index contributed by atoms with van der Waals surface area (Å²) in [6.45, 7) is 2.08. The second-order valence-corrected chi connectivity index (χ2v) is 5.30. The average molecular weight is 325 g/mol. The Morgan fingerprint density at radius 1 is 1.33 bits per heavy atom. The molecule has 24 heavy (non-hydrogen) atoms. The highest BCUT2D eigenvalue weighted by molar-refractivity contribution is 5.89. The predicted octanol–water partition coefficient (Wildman–Crippen LogP) is 1.54. The smallest absolute Gasteiger partial charge is 0.358 e. The van der Waals surface area contributed by atoms with Crippen molar-refractivity contribution in [1.82, 2.24) is 24.5 Å². The van der Waals surface area contributed by atoms with Crippen LogP contribution in [0.15, 0.2) is 30.7 Å². The Morgan fingerprint density at radius 2 is 2.21 bits per heavy atom. The lowest BCUT2D eigenvalue weighted by molar-refractivity contribution is 0.0519. The lowest BCUT2D eigenvalue weighted by Gasteiger charge is -2.11. The van der Waals surface area contributed by atoms with Gasteiger partial charge in [-0.3, -0.25) is 4.57 Å². The predicted molar refractivity (Wildman–Crippen MR) is 83.8 cm³/mol. The molecule has 0 N–H and O–H groups in total. The molecule has 0 saturated heterocycles. The van der Waals surface area contributed by atoms with Crippen molar-refractivity contribution in [2.24, 2.45) is 0 Å². The number of imidazole rings is 1. The lowest BCUT2D eigenvalue weighted by atomic mass is 10.2. The normalized spacial score (nSPS) is 11.9. The van der Waals surface area contributed by atoms with Gasteiger partial charge < -0.3 is 9.47 Å². The van der Waals surface area contributed by atoms with Gasteiger partial charge in [0.15, 0.2) is 5.69 Å². The third-order valence-corrected chi connectivity index (χ3v) is 3.97. The molecule has 1 aromatic carbocycles. The van der Waals surface area contributed by atoms with E-state index in [4.69, 9.17) is 9.47 Å². The second kappa shape index (κ2) is 5.48. The minimum atomic E-state index is -0.428. The van der Waals surface area contributed by atoms with Crippen LogP contribution in [0.5, 0.6) is 5.75 Å². The highest BCUT2D eigenvalue weighted by Gasteiger charge is 2.26. The van der Waals surface area contributed by atoms with Crippen molar-refractivity contribution in [2.75, 3.05) is 13.7 Å². The van der Waals surface area contributed by atoms with E-state index in [1.165, 1.54) is 0 Å². The Balaban J connectivity index is 1.96. The Labute approximate surface area is 137 Å². The van der Waals surface area contributed by atoms with E-state index in [0.29, 0.717) is 24.5 Å². The van der Waals surface area contributed by atoms with Crippen molar-refractivity contribution in [3.8, 4) is 17.1 Å². The van der Waals surface area contributed by atoms with Crippen molar-refractivity contribution in [2.45, 2.75) is 13.3 Å². The highest BCUT2D eigenvalue weighted by Crippen LogP contribution is 2.31. The fraction of sp³-hybridized carbons (Fsp3) is 0.250. The average Bonchev–Trinajstić information content (AvgIpc) is 3.20. The zero-order valence-electron chi connectivity index (χ0n) is 13.3. The molecule has 0 saturated carbocycles. The monoisotopic (exact) mass is 325 g/mol. The van der Waals surface area contributed by atoms with Gasteiger partial charge in [-0.05, 0) is 19.1 Å². The maximum atomic E-state index is 12.2. The van der Waals surface area contributed by atoms with Crippen LogP contribution in [0.25, 0.3) is 11.4 Å². The van der Waals surface area contributed by atoms with Gasteiger partial charge in [-0.15, -0.1) is 5.10 Å². The first-order valence-electron chi connectivity index (χ1n) is 7.54. The van der Waals surface area contributed by atoms with Gasteiger partial charge in [-0.25, -0.2) is 14.5 Å². The van der Waals surface area contributed by atoms with Crippen LogP contribution in [0.1, 0.15) is 28.8 Å². The van der Waals surface area contributed by atoms with E-state index in [-0.39, 0.29) is 0 Å². The molecular formula is C16H15N5O3. The van der Waals surface area contributed by atoms with Crippen LogP contribution in [-0.4, -0.2) is 44.2 Å². The van der Waals surface area contributed by atoms with Gasteiger partial charge in [0.25, 0.3) is 0 Å². The van der Waals surface area contributed by atoms with E-state index in [1.807, 2.05) is 22.8 Å². The number of benzene rings is 1. The standard InChI is InChI=1S/C16H15N5O3/c1-3-24-16(22)15-14-6-10-8-18-19-21(10)13-7-11(23-2)4-5-12(13)20(14)9-17-15/h4-5,7-9H,3,6H2,1-2H3. The van der Waals surface area contributed by atoms with Crippen LogP contribution in [0.4, 0.5) is 0 Å². The summed E-state index contributed by atoms with van der Waals surface area (Å²) in [6, 6.07) is 5.65. The number of nitrogens with zero attached hydrogens (tertiary/aromatic N) is 5. The molecule has 0 atom stereocenters.